The molecule has 6 nitrogen and oxygen atoms in total. The molecule has 1 fully saturated rings. The Morgan fingerprint density at radius 1 is 1.24 bits per heavy atom. The predicted octanol–water partition coefficient (Wildman–Crippen LogP) is 2.10. The van der Waals surface area contributed by atoms with Crippen molar-refractivity contribution in [2.24, 2.45) is 11.7 Å². The number of nitrogens with one attached hydrogen (secondary N) is 1. The maximum absolute atomic E-state index is 13.0. The van der Waals surface area contributed by atoms with Gasteiger partial charge in [-0.05, 0) is 30.2 Å². The molecular formula is C19H31N3O3. The molecule has 1 unspecified atom stereocenters. The Labute approximate surface area is 150 Å². The van der Waals surface area contributed by atoms with Gasteiger partial charge < -0.3 is 20.5 Å². The van der Waals surface area contributed by atoms with E-state index in [4.69, 9.17) is 15.2 Å². The van der Waals surface area contributed by atoms with Crippen molar-refractivity contribution in [1.82, 2.24) is 4.90 Å². The normalized spacial score (nSPS) is 16.6. The molecule has 1 aliphatic heterocycles. The molecule has 0 saturated carbocycles. The summed E-state index contributed by atoms with van der Waals surface area (Å²) in [6.45, 7) is 8.26. The lowest BCUT2D eigenvalue weighted by Gasteiger charge is -2.37. The summed E-state index contributed by atoms with van der Waals surface area (Å²) in [5.41, 5.74) is 6.22. The number of ether oxygens (including phenoxy) is 2. The van der Waals surface area contributed by atoms with Crippen molar-refractivity contribution in [1.29, 1.82) is 0 Å². The van der Waals surface area contributed by atoms with Crippen LogP contribution in [-0.2, 0) is 9.53 Å². The number of amides is 1. The molecule has 0 spiro atoms. The van der Waals surface area contributed by atoms with Gasteiger partial charge in [-0.1, -0.05) is 26.7 Å². The number of benzene rings is 1. The summed E-state index contributed by atoms with van der Waals surface area (Å²) in [5.74, 6) is 1.16. The van der Waals surface area contributed by atoms with E-state index < -0.39 is 0 Å². The highest BCUT2D eigenvalue weighted by molar-refractivity contribution is 5.95. The number of morpholine rings is 1. The van der Waals surface area contributed by atoms with Crippen LogP contribution in [0.2, 0.25) is 0 Å². The number of nitrogens with two attached hydrogens (primary N) is 1. The van der Waals surface area contributed by atoms with Gasteiger partial charge in [0.2, 0.25) is 5.91 Å². The zero-order valence-electron chi connectivity index (χ0n) is 15.4. The van der Waals surface area contributed by atoms with Crippen LogP contribution in [0, 0.1) is 5.92 Å². The van der Waals surface area contributed by atoms with Crippen molar-refractivity contribution >= 4 is 11.6 Å². The average molecular weight is 349 g/mol. The third-order valence-corrected chi connectivity index (χ3v) is 4.71. The van der Waals surface area contributed by atoms with Crippen molar-refractivity contribution in [3.05, 3.63) is 24.3 Å². The molecule has 2 rings (SSSR count). The molecule has 1 aliphatic rings. The van der Waals surface area contributed by atoms with Crippen LogP contribution >= 0.6 is 0 Å². The van der Waals surface area contributed by atoms with Crippen LogP contribution in [0.1, 0.15) is 26.7 Å². The summed E-state index contributed by atoms with van der Waals surface area (Å²) in [5, 5.41) is 3.07. The maximum Gasteiger partial charge on any atom is 0.242 e. The van der Waals surface area contributed by atoms with E-state index in [1.165, 1.54) is 0 Å². The molecule has 140 valence electrons. The van der Waals surface area contributed by atoms with Crippen LogP contribution < -0.4 is 15.8 Å². The van der Waals surface area contributed by atoms with Gasteiger partial charge >= 0.3 is 0 Å². The molecule has 6 heteroatoms. The summed E-state index contributed by atoms with van der Waals surface area (Å²) in [7, 11) is 0. The highest BCUT2D eigenvalue weighted by atomic mass is 16.5. The van der Waals surface area contributed by atoms with Crippen LogP contribution in [0.4, 0.5) is 5.69 Å². The quantitative estimate of drug-likeness (QED) is 0.714. The number of nitrogens with zero attached hydrogens (tertiary/aromatic N) is 1. The molecule has 1 aromatic carbocycles. The van der Waals surface area contributed by atoms with E-state index in [1.807, 2.05) is 24.3 Å². The smallest absolute Gasteiger partial charge is 0.242 e. The first-order chi connectivity index (χ1) is 12.2. The van der Waals surface area contributed by atoms with Crippen molar-refractivity contribution in [3.8, 4) is 5.75 Å². The number of hydrogen-bond donors (Lipinski definition) is 2. The molecule has 1 saturated heterocycles. The predicted molar refractivity (Wildman–Crippen MR) is 99.9 cm³/mol. The molecule has 1 aromatic rings. The summed E-state index contributed by atoms with van der Waals surface area (Å²) < 4.78 is 10.9. The second-order valence-corrected chi connectivity index (χ2v) is 6.32. The number of hydrogen-bond acceptors (Lipinski definition) is 5. The van der Waals surface area contributed by atoms with Gasteiger partial charge in [0.05, 0.1) is 19.3 Å². The zero-order chi connectivity index (χ0) is 18.1. The second kappa shape index (κ2) is 10.4. The number of anilines is 1. The van der Waals surface area contributed by atoms with E-state index in [-0.39, 0.29) is 11.9 Å². The summed E-state index contributed by atoms with van der Waals surface area (Å²) in [6.07, 6.45) is 1.97. The van der Waals surface area contributed by atoms with Crippen molar-refractivity contribution in [2.45, 2.75) is 32.7 Å². The SMILES string of the molecule is CCC(CC)C(C(=O)Nc1ccc(OCCN)cc1)N1CCOCC1. The third-order valence-electron chi connectivity index (χ3n) is 4.71. The van der Waals surface area contributed by atoms with Gasteiger partial charge in [0.25, 0.3) is 0 Å². The Morgan fingerprint density at radius 3 is 2.44 bits per heavy atom. The van der Waals surface area contributed by atoms with Crippen LogP contribution in [0.25, 0.3) is 0 Å². The average Bonchev–Trinajstić information content (AvgIpc) is 2.66. The van der Waals surface area contributed by atoms with Crippen LogP contribution in [-0.4, -0.2) is 56.3 Å². The summed E-state index contributed by atoms with van der Waals surface area (Å²) in [4.78, 5) is 15.2. The number of rotatable bonds is 9. The number of carbonyl (C=O) groups is 1. The minimum atomic E-state index is -0.118. The lowest BCUT2D eigenvalue weighted by atomic mass is 9.91. The van der Waals surface area contributed by atoms with Crippen LogP contribution in [0.5, 0.6) is 5.75 Å². The fraction of sp³-hybridized carbons (Fsp3) is 0.632. The minimum absolute atomic E-state index is 0.0613. The van der Waals surface area contributed by atoms with Crippen LogP contribution in [0.3, 0.4) is 0 Å². The first-order valence-electron chi connectivity index (χ1n) is 9.25. The highest BCUT2D eigenvalue weighted by Gasteiger charge is 2.32. The molecule has 0 radical (unpaired) electrons. The monoisotopic (exact) mass is 349 g/mol. The Bertz CT molecular complexity index is 511. The van der Waals surface area contributed by atoms with E-state index in [2.05, 4.69) is 24.1 Å². The van der Waals surface area contributed by atoms with Crippen molar-refractivity contribution in [2.75, 3.05) is 44.8 Å². The number of carbonyl (C=O) groups excluding carboxylic acids is 1. The van der Waals surface area contributed by atoms with Crippen LogP contribution in [0.15, 0.2) is 24.3 Å². The fourth-order valence-corrected chi connectivity index (χ4v) is 3.30. The molecule has 0 bridgehead atoms. The van der Waals surface area contributed by atoms with E-state index in [0.717, 1.165) is 37.4 Å². The molecule has 0 aromatic heterocycles. The highest BCUT2D eigenvalue weighted by Crippen LogP contribution is 2.23. The standard InChI is InChI=1S/C19H31N3O3/c1-3-15(4-2)18(22-10-13-24-14-11-22)19(23)21-16-5-7-17(8-6-16)25-12-9-20/h5-8,15,18H,3-4,9-14,20H2,1-2H3,(H,21,23). The van der Waals surface area contributed by atoms with E-state index >= 15 is 0 Å². The van der Waals surface area contributed by atoms with Gasteiger partial charge in [-0.25, -0.2) is 0 Å². The van der Waals surface area contributed by atoms with Gasteiger partial charge in [0.1, 0.15) is 12.4 Å². The first kappa shape index (κ1) is 19.7. The van der Waals surface area contributed by atoms with Gasteiger partial charge in [-0.3, -0.25) is 9.69 Å². The van der Waals surface area contributed by atoms with E-state index in [0.29, 0.717) is 32.3 Å². The molecule has 3 N–H and O–H groups in total. The first-order valence-corrected chi connectivity index (χ1v) is 9.25. The Kier molecular flexibility index (Phi) is 8.18. The van der Waals surface area contributed by atoms with E-state index in [1.54, 1.807) is 0 Å². The Hall–Kier alpha value is -1.63. The Morgan fingerprint density at radius 2 is 1.88 bits per heavy atom. The topological polar surface area (TPSA) is 76.8 Å². The molecule has 25 heavy (non-hydrogen) atoms. The lowest BCUT2D eigenvalue weighted by Crippen LogP contribution is -2.52. The molecule has 1 atom stereocenters. The minimum Gasteiger partial charge on any atom is -0.492 e. The second-order valence-electron chi connectivity index (χ2n) is 6.32. The largest absolute Gasteiger partial charge is 0.492 e. The van der Waals surface area contributed by atoms with Gasteiger partial charge in [-0.2, -0.15) is 0 Å². The maximum atomic E-state index is 13.0. The van der Waals surface area contributed by atoms with Crippen molar-refractivity contribution < 1.29 is 14.3 Å². The van der Waals surface area contributed by atoms with E-state index in [9.17, 15) is 4.79 Å². The fourth-order valence-electron chi connectivity index (χ4n) is 3.30. The lowest BCUT2D eigenvalue weighted by molar-refractivity contribution is -0.125. The molecule has 1 heterocycles. The summed E-state index contributed by atoms with van der Waals surface area (Å²) in [6, 6.07) is 7.32. The van der Waals surface area contributed by atoms with Gasteiger partial charge in [0, 0.05) is 25.3 Å². The summed E-state index contributed by atoms with van der Waals surface area (Å²) >= 11 is 0. The van der Waals surface area contributed by atoms with Gasteiger partial charge in [0.15, 0.2) is 0 Å². The molecule has 0 aliphatic carbocycles. The van der Waals surface area contributed by atoms with Gasteiger partial charge in [-0.15, -0.1) is 0 Å². The Balaban J connectivity index is 2.05. The zero-order valence-corrected chi connectivity index (χ0v) is 15.4. The third kappa shape index (κ3) is 5.70. The molecule has 1 amide bonds. The molecular weight excluding hydrogens is 318 g/mol. The van der Waals surface area contributed by atoms with Crippen molar-refractivity contribution in [3.63, 3.8) is 0 Å².